The van der Waals surface area contributed by atoms with Gasteiger partial charge in [0.05, 0.1) is 31.0 Å². The molecule has 2 heterocycles. The molecule has 2 unspecified atom stereocenters. The lowest BCUT2D eigenvalue weighted by Gasteiger charge is -2.25. The maximum absolute atomic E-state index is 13.2. The van der Waals surface area contributed by atoms with E-state index in [1.807, 2.05) is 6.07 Å². The summed E-state index contributed by atoms with van der Waals surface area (Å²) in [5.41, 5.74) is 0.210. The van der Waals surface area contributed by atoms with Gasteiger partial charge < -0.3 is 14.4 Å². The molecule has 3 nitrogen and oxygen atoms in total. The van der Waals surface area contributed by atoms with Crippen LogP contribution in [0.5, 0.6) is 0 Å². The third-order valence-electron chi connectivity index (χ3n) is 4.20. The zero-order chi connectivity index (χ0) is 16.0. The van der Waals surface area contributed by atoms with E-state index < -0.39 is 11.7 Å². The van der Waals surface area contributed by atoms with Gasteiger partial charge >= 0.3 is 6.18 Å². The van der Waals surface area contributed by atoms with Gasteiger partial charge in [-0.1, -0.05) is 24.3 Å². The van der Waals surface area contributed by atoms with Crippen LogP contribution in [-0.2, 0) is 15.7 Å². The van der Waals surface area contributed by atoms with Crippen LogP contribution >= 0.6 is 0 Å². The SMILES string of the molecule is FC(F)(F)c1cccc2c(N(CC3CO3)CC3CO3)cccc12. The molecule has 2 atom stereocenters. The molecule has 0 amide bonds. The molecule has 0 bridgehead atoms. The number of benzene rings is 2. The van der Waals surface area contributed by atoms with Gasteiger partial charge in [-0.15, -0.1) is 0 Å². The van der Waals surface area contributed by atoms with Crippen LogP contribution in [0.1, 0.15) is 5.56 Å². The fourth-order valence-corrected chi connectivity index (χ4v) is 2.93. The Bertz CT molecular complexity index is 709. The highest BCUT2D eigenvalue weighted by molar-refractivity contribution is 5.96. The molecule has 0 N–H and O–H groups in total. The summed E-state index contributed by atoms with van der Waals surface area (Å²) in [7, 11) is 0. The number of fused-ring (bicyclic) bond motifs is 1. The number of nitrogens with zero attached hydrogens (tertiary/aromatic N) is 1. The summed E-state index contributed by atoms with van der Waals surface area (Å²) < 4.78 is 50.3. The minimum absolute atomic E-state index is 0.162. The van der Waals surface area contributed by atoms with Gasteiger partial charge in [0.2, 0.25) is 0 Å². The van der Waals surface area contributed by atoms with Crippen LogP contribution in [0.25, 0.3) is 10.8 Å². The van der Waals surface area contributed by atoms with E-state index in [9.17, 15) is 13.2 Å². The van der Waals surface area contributed by atoms with E-state index in [0.29, 0.717) is 31.7 Å². The summed E-state index contributed by atoms with van der Waals surface area (Å²) in [6.07, 6.45) is -4.04. The van der Waals surface area contributed by atoms with E-state index in [0.717, 1.165) is 11.8 Å². The first-order valence-corrected chi connectivity index (χ1v) is 7.59. The molecule has 122 valence electrons. The zero-order valence-corrected chi connectivity index (χ0v) is 12.3. The number of halogens is 3. The molecule has 0 radical (unpaired) electrons. The molecule has 4 rings (SSSR count). The molecule has 2 fully saturated rings. The lowest BCUT2D eigenvalue weighted by molar-refractivity contribution is -0.136. The van der Waals surface area contributed by atoms with Crippen molar-refractivity contribution in [3.63, 3.8) is 0 Å². The number of hydrogen-bond acceptors (Lipinski definition) is 3. The fraction of sp³-hybridized carbons (Fsp3) is 0.412. The van der Waals surface area contributed by atoms with E-state index in [4.69, 9.17) is 9.47 Å². The average Bonchev–Trinajstić information content (AvgIpc) is 3.40. The Morgan fingerprint density at radius 3 is 2.04 bits per heavy atom. The van der Waals surface area contributed by atoms with Crippen LogP contribution in [0.2, 0.25) is 0 Å². The van der Waals surface area contributed by atoms with Crippen LogP contribution < -0.4 is 4.90 Å². The van der Waals surface area contributed by atoms with Gasteiger partial charge in [-0.05, 0) is 17.5 Å². The van der Waals surface area contributed by atoms with Crippen LogP contribution in [0, 0.1) is 0 Å². The van der Waals surface area contributed by atoms with E-state index >= 15 is 0 Å². The predicted octanol–water partition coefficient (Wildman–Crippen LogP) is 3.46. The summed E-state index contributed by atoms with van der Waals surface area (Å²) in [4.78, 5) is 2.08. The van der Waals surface area contributed by atoms with Gasteiger partial charge in [0, 0.05) is 24.2 Å². The Hall–Kier alpha value is -1.79. The first kappa shape index (κ1) is 14.8. The number of epoxide rings is 2. The Morgan fingerprint density at radius 2 is 1.48 bits per heavy atom. The molecule has 0 aromatic heterocycles. The second kappa shape index (κ2) is 5.39. The highest BCUT2D eigenvalue weighted by atomic mass is 19.4. The van der Waals surface area contributed by atoms with Gasteiger partial charge in [-0.2, -0.15) is 13.2 Å². The maximum Gasteiger partial charge on any atom is 0.417 e. The van der Waals surface area contributed by atoms with E-state index in [1.165, 1.54) is 12.1 Å². The van der Waals surface area contributed by atoms with Crippen LogP contribution in [-0.4, -0.2) is 38.5 Å². The van der Waals surface area contributed by atoms with Crippen molar-refractivity contribution in [3.05, 3.63) is 42.0 Å². The molecular formula is C17H16F3NO2. The molecule has 2 aromatic carbocycles. The second-order valence-corrected chi connectivity index (χ2v) is 5.99. The highest BCUT2D eigenvalue weighted by Crippen LogP contribution is 2.38. The van der Waals surface area contributed by atoms with Crippen LogP contribution in [0.4, 0.5) is 18.9 Å². The standard InChI is InChI=1S/C17H16F3NO2/c18-17(19,20)15-5-1-4-14-13(15)3-2-6-16(14)21(7-11-9-22-11)8-12-10-23-12/h1-6,11-12H,7-10H2. The molecule has 0 saturated carbocycles. The smallest absolute Gasteiger partial charge is 0.371 e. The van der Waals surface area contributed by atoms with Gasteiger partial charge in [0.1, 0.15) is 0 Å². The average molecular weight is 323 g/mol. The van der Waals surface area contributed by atoms with Crippen molar-refractivity contribution < 1.29 is 22.6 Å². The first-order chi connectivity index (χ1) is 11.0. The van der Waals surface area contributed by atoms with Crippen LogP contribution in [0.3, 0.4) is 0 Å². The van der Waals surface area contributed by atoms with Crippen molar-refractivity contribution in [1.82, 2.24) is 0 Å². The fourth-order valence-electron chi connectivity index (χ4n) is 2.93. The largest absolute Gasteiger partial charge is 0.417 e. The van der Waals surface area contributed by atoms with Gasteiger partial charge in [0.25, 0.3) is 0 Å². The predicted molar refractivity (Wildman–Crippen MR) is 80.6 cm³/mol. The van der Waals surface area contributed by atoms with Crippen molar-refractivity contribution in [2.24, 2.45) is 0 Å². The summed E-state index contributed by atoms with van der Waals surface area (Å²) >= 11 is 0. The monoisotopic (exact) mass is 323 g/mol. The molecule has 2 aliphatic rings. The Kier molecular flexibility index (Phi) is 3.46. The zero-order valence-electron chi connectivity index (χ0n) is 12.3. The second-order valence-electron chi connectivity index (χ2n) is 5.99. The van der Waals surface area contributed by atoms with Gasteiger partial charge in [-0.25, -0.2) is 0 Å². The summed E-state index contributed by atoms with van der Waals surface area (Å²) in [6.45, 7) is 2.77. The minimum atomic E-state index is -4.36. The number of ether oxygens (including phenoxy) is 2. The lowest BCUT2D eigenvalue weighted by Crippen LogP contribution is -2.31. The topological polar surface area (TPSA) is 28.3 Å². The summed E-state index contributed by atoms with van der Waals surface area (Å²) in [5, 5.41) is 0.847. The number of alkyl halides is 3. The van der Waals surface area contributed by atoms with E-state index in [2.05, 4.69) is 4.90 Å². The summed E-state index contributed by atoms with van der Waals surface area (Å²) in [6, 6.07) is 9.42. The maximum atomic E-state index is 13.2. The van der Waals surface area contributed by atoms with Crippen molar-refractivity contribution in [1.29, 1.82) is 0 Å². The van der Waals surface area contributed by atoms with Gasteiger partial charge in [0.15, 0.2) is 0 Å². The van der Waals surface area contributed by atoms with E-state index in [-0.39, 0.29) is 17.6 Å². The van der Waals surface area contributed by atoms with Gasteiger partial charge in [-0.3, -0.25) is 0 Å². The quantitative estimate of drug-likeness (QED) is 0.789. The lowest BCUT2D eigenvalue weighted by atomic mass is 10.0. The van der Waals surface area contributed by atoms with E-state index in [1.54, 1.807) is 12.1 Å². The Balaban J connectivity index is 1.78. The third kappa shape index (κ3) is 3.14. The number of anilines is 1. The molecule has 23 heavy (non-hydrogen) atoms. The first-order valence-electron chi connectivity index (χ1n) is 7.59. The molecule has 6 heteroatoms. The molecular weight excluding hydrogens is 307 g/mol. The highest BCUT2D eigenvalue weighted by Gasteiger charge is 2.34. The molecule has 0 spiro atoms. The third-order valence-corrected chi connectivity index (χ3v) is 4.20. The Labute approximate surface area is 131 Å². The molecule has 2 aromatic rings. The van der Waals surface area contributed by atoms with Crippen LogP contribution in [0.15, 0.2) is 36.4 Å². The van der Waals surface area contributed by atoms with Crippen molar-refractivity contribution >= 4 is 16.5 Å². The number of hydrogen-bond donors (Lipinski definition) is 0. The summed E-state index contributed by atoms with van der Waals surface area (Å²) in [5.74, 6) is 0. The van der Waals surface area contributed by atoms with Crippen molar-refractivity contribution in [3.8, 4) is 0 Å². The molecule has 2 saturated heterocycles. The molecule has 0 aliphatic carbocycles. The normalized spacial score (nSPS) is 23.1. The van der Waals surface area contributed by atoms with Crippen molar-refractivity contribution in [2.45, 2.75) is 18.4 Å². The minimum Gasteiger partial charge on any atom is -0.371 e. The van der Waals surface area contributed by atoms with Crippen molar-refractivity contribution in [2.75, 3.05) is 31.2 Å². The molecule has 2 aliphatic heterocycles. The number of rotatable bonds is 5. The Morgan fingerprint density at radius 1 is 0.913 bits per heavy atom.